The van der Waals surface area contributed by atoms with Crippen molar-refractivity contribution in [2.45, 2.75) is 25.8 Å². The van der Waals surface area contributed by atoms with Crippen LogP contribution in [0.15, 0.2) is 0 Å². The third-order valence-corrected chi connectivity index (χ3v) is 6.76. The first-order valence-corrected chi connectivity index (χ1v) is 6.65. The molecule has 1 N–H and O–H groups in total. The molecule has 6 bridgehead atoms. The lowest BCUT2D eigenvalue weighted by molar-refractivity contribution is 0.132. The van der Waals surface area contributed by atoms with Crippen LogP contribution in [0.2, 0.25) is 0 Å². The minimum absolute atomic E-state index is 0.961. The van der Waals surface area contributed by atoms with Crippen LogP contribution in [0.5, 0.6) is 0 Å². The molecule has 0 aromatic carbocycles. The van der Waals surface area contributed by atoms with Crippen molar-refractivity contribution in [1.29, 1.82) is 0 Å². The van der Waals surface area contributed by atoms with E-state index in [0.29, 0.717) is 0 Å². The van der Waals surface area contributed by atoms with Gasteiger partial charge in [0.05, 0.1) is 0 Å². The van der Waals surface area contributed by atoms with Crippen LogP contribution in [0, 0.1) is 47.3 Å². The second-order valence-corrected chi connectivity index (χ2v) is 6.52. The van der Waals surface area contributed by atoms with Gasteiger partial charge in [-0.1, -0.05) is 6.92 Å². The van der Waals surface area contributed by atoms with Crippen LogP contribution < -0.4 is 5.32 Å². The van der Waals surface area contributed by atoms with Gasteiger partial charge in [0.2, 0.25) is 0 Å². The summed E-state index contributed by atoms with van der Waals surface area (Å²) in [5, 5.41) is 3.82. The molecule has 76 valence electrons. The standard InChI is InChI=1S/C13H19N/c1-2-14-13-11-7-3-5-6-4-8(9(5)11)12(13)10(6)7/h5-14H,2-4H2,1H3/t5-,6+,7-,8-,9-,10-,11-,12+,13?/m1/s1. The Bertz CT molecular complexity index is 284. The zero-order chi connectivity index (χ0) is 9.02. The average Bonchev–Trinajstić information content (AvgIpc) is 2.79. The Balaban J connectivity index is 1.67. The molecule has 0 aliphatic heterocycles. The van der Waals surface area contributed by atoms with Crippen molar-refractivity contribution in [3.8, 4) is 0 Å². The average molecular weight is 189 g/mol. The molecule has 14 heavy (non-hydrogen) atoms. The molecule has 0 radical (unpaired) electrons. The van der Waals surface area contributed by atoms with Gasteiger partial charge in [-0.05, 0) is 66.7 Å². The monoisotopic (exact) mass is 189 g/mol. The Morgan fingerprint density at radius 1 is 0.857 bits per heavy atom. The van der Waals surface area contributed by atoms with E-state index >= 15 is 0 Å². The van der Waals surface area contributed by atoms with Crippen LogP contribution in [0.25, 0.3) is 0 Å². The van der Waals surface area contributed by atoms with E-state index in [2.05, 4.69) is 12.2 Å². The van der Waals surface area contributed by atoms with E-state index in [4.69, 9.17) is 0 Å². The topological polar surface area (TPSA) is 12.0 Å². The highest BCUT2D eigenvalue weighted by molar-refractivity contribution is 5.29. The van der Waals surface area contributed by atoms with Gasteiger partial charge >= 0.3 is 0 Å². The molecule has 1 nitrogen and oxygen atoms in total. The quantitative estimate of drug-likeness (QED) is 0.697. The second-order valence-electron chi connectivity index (χ2n) is 6.52. The normalized spacial score (nSPS) is 74.8. The molecule has 0 spiro atoms. The van der Waals surface area contributed by atoms with E-state index in [1.807, 2.05) is 0 Å². The minimum atomic E-state index is 0.961. The van der Waals surface area contributed by atoms with Crippen molar-refractivity contribution in [3.05, 3.63) is 0 Å². The van der Waals surface area contributed by atoms with Gasteiger partial charge < -0.3 is 5.32 Å². The molecule has 6 aliphatic rings. The van der Waals surface area contributed by atoms with Gasteiger partial charge in [-0.25, -0.2) is 0 Å². The number of hydrogen-bond acceptors (Lipinski definition) is 1. The second kappa shape index (κ2) is 1.93. The predicted molar refractivity (Wildman–Crippen MR) is 54.6 cm³/mol. The minimum Gasteiger partial charge on any atom is -0.314 e. The summed E-state index contributed by atoms with van der Waals surface area (Å²) in [5.74, 6) is 9.45. The molecule has 6 fully saturated rings. The number of rotatable bonds is 2. The highest BCUT2D eigenvalue weighted by Gasteiger charge is 2.79. The van der Waals surface area contributed by atoms with E-state index in [-0.39, 0.29) is 0 Å². The molecule has 0 heterocycles. The summed E-state index contributed by atoms with van der Waals surface area (Å²) in [4.78, 5) is 0. The predicted octanol–water partition coefficient (Wildman–Crippen LogP) is 1.74. The first-order valence-electron chi connectivity index (χ1n) is 6.65. The zero-order valence-corrected chi connectivity index (χ0v) is 8.82. The molecule has 6 saturated carbocycles. The molecular formula is C13H19N. The Morgan fingerprint density at radius 2 is 1.43 bits per heavy atom. The van der Waals surface area contributed by atoms with Crippen molar-refractivity contribution in [1.82, 2.24) is 5.32 Å². The molecule has 0 aromatic rings. The molecular weight excluding hydrogens is 170 g/mol. The van der Waals surface area contributed by atoms with E-state index in [1.54, 1.807) is 12.8 Å². The van der Waals surface area contributed by atoms with Gasteiger partial charge in [0.15, 0.2) is 0 Å². The van der Waals surface area contributed by atoms with Crippen LogP contribution in [0.4, 0.5) is 0 Å². The summed E-state index contributed by atoms with van der Waals surface area (Å²) in [7, 11) is 0. The summed E-state index contributed by atoms with van der Waals surface area (Å²) in [5.41, 5.74) is 0. The smallest absolute Gasteiger partial charge is 0.0135 e. The Hall–Kier alpha value is -0.0400. The van der Waals surface area contributed by atoms with Gasteiger partial charge in [-0.15, -0.1) is 0 Å². The van der Waals surface area contributed by atoms with E-state index in [1.165, 1.54) is 42.1 Å². The molecule has 1 unspecified atom stereocenters. The summed E-state index contributed by atoms with van der Waals surface area (Å²) >= 11 is 0. The van der Waals surface area contributed by atoms with Crippen molar-refractivity contribution in [3.63, 3.8) is 0 Å². The molecule has 9 atom stereocenters. The fourth-order valence-corrected chi connectivity index (χ4v) is 7.13. The maximum Gasteiger partial charge on any atom is 0.0135 e. The summed E-state index contributed by atoms with van der Waals surface area (Å²) < 4.78 is 0. The summed E-state index contributed by atoms with van der Waals surface area (Å²) in [6.07, 6.45) is 3.28. The maximum atomic E-state index is 3.82. The lowest BCUT2D eigenvalue weighted by Crippen LogP contribution is -2.34. The maximum absolute atomic E-state index is 3.82. The fraction of sp³-hybridized carbons (Fsp3) is 1.00. The van der Waals surface area contributed by atoms with Crippen molar-refractivity contribution >= 4 is 0 Å². The highest BCUT2D eigenvalue weighted by atomic mass is 15.0. The van der Waals surface area contributed by atoms with E-state index < -0.39 is 0 Å². The zero-order valence-electron chi connectivity index (χ0n) is 8.82. The molecule has 6 rings (SSSR count). The largest absolute Gasteiger partial charge is 0.314 e. The first-order chi connectivity index (χ1) is 6.92. The van der Waals surface area contributed by atoms with Gasteiger partial charge in [0.25, 0.3) is 0 Å². The number of nitrogens with one attached hydrogen (secondary N) is 1. The van der Waals surface area contributed by atoms with Gasteiger partial charge in [0, 0.05) is 6.04 Å². The van der Waals surface area contributed by atoms with E-state index in [0.717, 1.165) is 17.9 Å². The summed E-state index contributed by atoms with van der Waals surface area (Å²) in [6, 6.07) is 0.961. The SMILES string of the molecule is CCNC1[C@@H]2[C@@H]3C[C@@H]4[C@@H]5C[C@@H]([C@H]1[C@H]53)[C@@H]42. The van der Waals surface area contributed by atoms with Crippen molar-refractivity contribution < 1.29 is 0 Å². The van der Waals surface area contributed by atoms with Crippen molar-refractivity contribution in [2.75, 3.05) is 6.54 Å². The van der Waals surface area contributed by atoms with Crippen LogP contribution in [-0.2, 0) is 0 Å². The van der Waals surface area contributed by atoms with Crippen LogP contribution >= 0.6 is 0 Å². The molecule has 0 saturated heterocycles. The Morgan fingerprint density at radius 3 is 1.93 bits per heavy atom. The van der Waals surface area contributed by atoms with Gasteiger partial charge in [-0.3, -0.25) is 0 Å². The first kappa shape index (κ1) is 7.27. The molecule has 1 heteroatoms. The molecule has 0 amide bonds. The molecule has 0 aromatic heterocycles. The summed E-state index contributed by atoms with van der Waals surface area (Å²) in [6.45, 7) is 3.49. The fourth-order valence-electron chi connectivity index (χ4n) is 7.13. The highest BCUT2D eigenvalue weighted by Crippen LogP contribution is 2.82. The Labute approximate surface area is 85.6 Å². The number of hydrogen-bond donors (Lipinski definition) is 1. The lowest BCUT2D eigenvalue weighted by atomic mass is 9.71. The lowest BCUT2D eigenvalue weighted by Gasteiger charge is -2.33. The third kappa shape index (κ3) is 0.476. The van der Waals surface area contributed by atoms with E-state index in [9.17, 15) is 0 Å². The van der Waals surface area contributed by atoms with Crippen molar-refractivity contribution in [2.24, 2.45) is 47.3 Å². The molecule has 6 aliphatic carbocycles. The van der Waals surface area contributed by atoms with Crippen LogP contribution in [0.3, 0.4) is 0 Å². The van der Waals surface area contributed by atoms with Crippen LogP contribution in [0.1, 0.15) is 19.8 Å². The third-order valence-electron chi connectivity index (χ3n) is 6.76. The Kier molecular flexibility index (Phi) is 1.00. The van der Waals surface area contributed by atoms with Crippen LogP contribution in [-0.4, -0.2) is 12.6 Å². The van der Waals surface area contributed by atoms with Gasteiger partial charge in [0.1, 0.15) is 0 Å². The van der Waals surface area contributed by atoms with Gasteiger partial charge in [-0.2, -0.15) is 0 Å².